The standard InChI is InChI=1S/C13H11BrN2O3/c1-7(13(18)19)12(17)16-10-4-2-3-8-5-9(14)6-15-11(8)10/h2-7H,1H3,(H,16,17)(H,18,19). The predicted molar refractivity (Wildman–Crippen MR) is 74.9 cm³/mol. The summed E-state index contributed by atoms with van der Waals surface area (Å²) >= 11 is 3.32. The number of hydrogen-bond acceptors (Lipinski definition) is 3. The molecule has 2 aromatic rings. The zero-order chi connectivity index (χ0) is 14.0. The number of pyridine rings is 1. The molecule has 98 valence electrons. The highest BCUT2D eigenvalue weighted by molar-refractivity contribution is 9.10. The van der Waals surface area contributed by atoms with Gasteiger partial charge in [0.2, 0.25) is 5.91 Å². The normalized spacial score (nSPS) is 12.1. The molecular weight excluding hydrogens is 312 g/mol. The highest BCUT2D eigenvalue weighted by atomic mass is 79.9. The van der Waals surface area contributed by atoms with E-state index in [9.17, 15) is 9.59 Å². The fourth-order valence-corrected chi connectivity index (χ4v) is 1.94. The van der Waals surface area contributed by atoms with Gasteiger partial charge < -0.3 is 10.4 Å². The number of carboxylic acid groups (broad SMARTS) is 1. The number of benzene rings is 1. The van der Waals surface area contributed by atoms with Gasteiger partial charge in [-0.25, -0.2) is 0 Å². The lowest BCUT2D eigenvalue weighted by molar-refractivity contribution is -0.144. The summed E-state index contributed by atoms with van der Waals surface area (Å²) in [5.74, 6) is -2.83. The van der Waals surface area contributed by atoms with Crippen molar-refractivity contribution in [1.29, 1.82) is 0 Å². The molecule has 2 rings (SSSR count). The maximum absolute atomic E-state index is 11.7. The summed E-state index contributed by atoms with van der Waals surface area (Å²) < 4.78 is 0.836. The molecule has 0 fully saturated rings. The third-order valence-corrected chi connectivity index (χ3v) is 3.13. The fraction of sp³-hybridized carbons (Fsp3) is 0.154. The van der Waals surface area contributed by atoms with E-state index >= 15 is 0 Å². The zero-order valence-corrected chi connectivity index (χ0v) is 11.6. The lowest BCUT2D eigenvalue weighted by Gasteiger charge is -2.10. The van der Waals surface area contributed by atoms with Crippen LogP contribution >= 0.6 is 15.9 Å². The summed E-state index contributed by atoms with van der Waals surface area (Å²) in [4.78, 5) is 26.7. The Morgan fingerprint density at radius 2 is 2.16 bits per heavy atom. The molecule has 0 radical (unpaired) electrons. The SMILES string of the molecule is CC(C(=O)O)C(=O)Nc1cccc2cc(Br)cnc12. The first-order chi connectivity index (χ1) is 8.99. The minimum absolute atomic E-state index is 0.503. The number of carbonyl (C=O) groups is 2. The van der Waals surface area contributed by atoms with Crippen molar-refractivity contribution in [2.45, 2.75) is 6.92 Å². The Kier molecular flexibility index (Phi) is 3.80. The highest BCUT2D eigenvalue weighted by Gasteiger charge is 2.21. The summed E-state index contributed by atoms with van der Waals surface area (Å²) in [5, 5.41) is 12.2. The molecule has 1 aromatic heterocycles. The van der Waals surface area contributed by atoms with Crippen LogP contribution in [0.1, 0.15) is 6.92 Å². The summed E-state index contributed by atoms with van der Waals surface area (Å²) in [6.45, 7) is 1.34. The first-order valence-corrected chi connectivity index (χ1v) is 6.36. The van der Waals surface area contributed by atoms with Crippen molar-refractivity contribution in [2.75, 3.05) is 5.32 Å². The number of nitrogens with zero attached hydrogens (tertiary/aromatic N) is 1. The van der Waals surface area contributed by atoms with Gasteiger partial charge in [0.1, 0.15) is 5.92 Å². The Morgan fingerprint density at radius 1 is 1.42 bits per heavy atom. The first kappa shape index (κ1) is 13.5. The zero-order valence-electron chi connectivity index (χ0n) is 10.1. The van der Waals surface area contributed by atoms with Gasteiger partial charge >= 0.3 is 5.97 Å². The Hall–Kier alpha value is -1.95. The van der Waals surface area contributed by atoms with Crippen LogP contribution in [0.4, 0.5) is 5.69 Å². The summed E-state index contributed by atoms with van der Waals surface area (Å²) in [5.41, 5.74) is 1.12. The van der Waals surface area contributed by atoms with Gasteiger partial charge in [-0.15, -0.1) is 0 Å². The van der Waals surface area contributed by atoms with Crippen molar-refractivity contribution in [1.82, 2.24) is 4.98 Å². The largest absolute Gasteiger partial charge is 0.481 e. The number of amides is 1. The number of halogens is 1. The molecule has 0 aliphatic heterocycles. The molecule has 0 bridgehead atoms. The molecule has 5 nitrogen and oxygen atoms in total. The second kappa shape index (κ2) is 5.36. The fourth-order valence-electron chi connectivity index (χ4n) is 1.59. The Bertz CT molecular complexity index is 657. The highest BCUT2D eigenvalue weighted by Crippen LogP contribution is 2.24. The van der Waals surface area contributed by atoms with Crippen molar-refractivity contribution in [3.63, 3.8) is 0 Å². The van der Waals surface area contributed by atoms with E-state index in [1.807, 2.05) is 12.1 Å². The number of rotatable bonds is 3. The van der Waals surface area contributed by atoms with Crippen LogP contribution in [0.5, 0.6) is 0 Å². The monoisotopic (exact) mass is 322 g/mol. The lowest BCUT2D eigenvalue weighted by Crippen LogP contribution is -2.27. The van der Waals surface area contributed by atoms with E-state index in [0.717, 1.165) is 9.86 Å². The molecule has 0 aliphatic rings. The van der Waals surface area contributed by atoms with Gasteiger partial charge in [0.15, 0.2) is 0 Å². The molecule has 1 unspecified atom stereocenters. The molecule has 2 N–H and O–H groups in total. The Morgan fingerprint density at radius 3 is 2.84 bits per heavy atom. The van der Waals surface area contributed by atoms with E-state index in [4.69, 9.17) is 5.11 Å². The molecule has 19 heavy (non-hydrogen) atoms. The number of nitrogens with one attached hydrogen (secondary N) is 1. The number of carboxylic acids is 1. The van der Waals surface area contributed by atoms with Gasteiger partial charge in [-0.05, 0) is 35.0 Å². The maximum Gasteiger partial charge on any atom is 0.315 e. The van der Waals surface area contributed by atoms with Crippen LogP contribution in [-0.2, 0) is 9.59 Å². The third kappa shape index (κ3) is 2.90. The van der Waals surface area contributed by atoms with Crippen LogP contribution in [0.2, 0.25) is 0 Å². The number of para-hydroxylation sites is 1. The minimum Gasteiger partial charge on any atom is -0.481 e. The van der Waals surface area contributed by atoms with Crippen molar-refractivity contribution in [2.24, 2.45) is 5.92 Å². The average Bonchev–Trinajstić information content (AvgIpc) is 2.37. The number of hydrogen-bond donors (Lipinski definition) is 2. The van der Waals surface area contributed by atoms with Crippen LogP contribution < -0.4 is 5.32 Å². The molecule has 0 spiro atoms. The molecule has 0 aliphatic carbocycles. The first-order valence-electron chi connectivity index (χ1n) is 5.57. The van der Waals surface area contributed by atoms with Crippen molar-refractivity contribution in [3.05, 3.63) is 34.9 Å². The molecular formula is C13H11BrN2O3. The molecule has 0 saturated heterocycles. The Balaban J connectivity index is 2.36. The van der Waals surface area contributed by atoms with E-state index in [0.29, 0.717) is 11.2 Å². The van der Waals surface area contributed by atoms with Gasteiger partial charge in [-0.3, -0.25) is 14.6 Å². The van der Waals surface area contributed by atoms with Gasteiger partial charge in [0.05, 0.1) is 11.2 Å². The summed E-state index contributed by atoms with van der Waals surface area (Å²) in [6.07, 6.45) is 1.62. The van der Waals surface area contributed by atoms with Gasteiger partial charge in [0, 0.05) is 16.1 Å². The number of anilines is 1. The third-order valence-electron chi connectivity index (χ3n) is 2.70. The van der Waals surface area contributed by atoms with Crippen LogP contribution in [0, 0.1) is 5.92 Å². The predicted octanol–water partition coefficient (Wildman–Crippen LogP) is 2.66. The quantitative estimate of drug-likeness (QED) is 0.851. The van der Waals surface area contributed by atoms with Crippen molar-refractivity contribution < 1.29 is 14.7 Å². The Labute approximate surface area is 117 Å². The smallest absolute Gasteiger partial charge is 0.315 e. The molecule has 1 heterocycles. The van der Waals surface area contributed by atoms with Gasteiger partial charge in [0.25, 0.3) is 0 Å². The maximum atomic E-state index is 11.7. The minimum atomic E-state index is -1.16. The second-order valence-corrected chi connectivity index (χ2v) is 5.00. The van der Waals surface area contributed by atoms with Gasteiger partial charge in [-0.1, -0.05) is 12.1 Å². The molecule has 6 heteroatoms. The van der Waals surface area contributed by atoms with Gasteiger partial charge in [-0.2, -0.15) is 0 Å². The molecule has 0 saturated carbocycles. The van der Waals surface area contributed by atoms with E-state index in [2.05, 4.69) is 26.2 Å². The number of fused-ring (bicyclic) bond motifs is 1. The van der Waals surface area contributed by atoms with Crippen LogP contribution in [0.25, 0.3) is 10.9 Å². The van der Waals surface area contributed by atoms with E-state index in [-0.39, 0.29) is 0 Å². The topological polar surface area (TPSA) is 79.3 Å². The second-order valence-electron chi connectivity index (χ2n) is 4.08. The van der Waals surface area contributed by atoms with E-state index in [1.54, 1.807) is 18.3 Å². The van der Waals surface area contributed by atoms with Crippen LogP contribution in [0.3, 0.4) is 0 Å². The average molecular weight is 323 g/mol. The van der Waals surface area contributed by atoms with Crippen molar-refractivity contribution >= 4 is 44.4 Å². The number of aliphatic carboxylic acids is 1. The molecule has 1 atom stereocenters. The number of aromatic nitrogens is 1. The van der Waals surface area contributed by atoms with Crippen LogP contribution in [-0.4, -0.2) is 22.0 Å². The lowest BCUT2D eigenvalue weighted by atomic mass is 10.1. The van der Waals surface area contributed by atoms with Crippen molar-refractivity contribution in [3.8, 4) is 0 Å². The van der Waals surface area contributed by atoms with E-state index in [1.165, 1.54) is 6.92 Å². The summed E-state index contributed by atoms with van der Waals surface area (Å²) in [7, 11) is 0. The number of carbonyl (C=O) groups excluding carboxylic acids is 1. The molecule has 1 aromatic carbocycles. The summed E-state index contributed by atoms with van der Waals surface area (Å²) in [6, 6.07) is 7.20. The molecule has 1 amide bonds. The van der Waals surface area contributed by atoms with Crippen LogP contribution in [0.15, 0.2) is 34.9 Å². The van der Waals surface area contributed by atoms with E-state index < -0.39 is 17.8 Å².